The summed E-state index contributed by atoms with van der Waals surface area (Å²) in [7, 11) is 1.75. The molecule has 0 aliphatic heterocycles. The maximum absolute atomic E-state index is 5.53. The molecule has 0 amide bonds. The summed E-state index contributed by atoms with van der Waals surface area (Å²) < 4.78 is 5.53. The first kappa shape index (κ1) is 14.6. The fourth-order valence-corrected chi connectivity index (χ4v) is 4.23. The van der Waals surface area contributed by atoms with E-state index in [1.807, 2.05) is 11.3 Å². The standard InChI is InChI=1S/C18H23NOS/c1-12-7-8-17(20-3)15(11-12)13(2)19-16-5-4-6-18-14(16)9-10-21-18/h7-11,13,16,19H,4-6H2,1-3H3. The number of rotatable bonds is 4. The number of hydrogen-bond donors (Lipinski definition) is 1. The van der Waals surface area contributed by atoms with E-state index in [2.05, 4.69) is 48.8 Å². The monoisotopic (exact) mass is 301 g/mol. The molecule has 1 aliphatic carbocycles. The highest BCUT2D eigenvalue weighted by molar-refractivity contribution is 7.10. The summed E-state index contributed by atoms with van der Waals surface area (Å²) in [5, 5.41) is 6.03. The molecule has 1 aromatic heterocycles. The van der Waals surface area contributed by atoms with E-state index in [0.717, 1.165) is 5.75 Å². The van der Waals surface area contributed by atoms with Crippen molar-refractivity contribution in [1.29, 1.82) is 0 Å². The molecule has 1 heterocycles. The number of methoxy groups -OCH3 is 1. The van der Waals surface area contributed by atoms with Crippen LogP contribution in [0.4, 0.5) is 0 Å². The molecule has 3 heteroatoms. The molecule has 21 heavy (non-hydrogen) atoms. The molecule has 0 saturated heterocycles. The molecule has 0 spiro atoms. The van der Waals surface area contributed by atoms with E-state index < -0.39 is 0 Å². The highest BCUT2D eigenvalue weighted by Crippen LogP contribution is 2.36. The minimum Gasteiger partial charge on any atom is -0.496 e. The molecule has 1 aromatic carbocycles. The Bertz CT molecular complexity index is 619. The van der Waals surface area contributed by atoms with Gasteiger partial charge < -0.3 is 10.1 Å². The van der Waals surface area contributed by atoms with Gasteiger partial charge in [-0.25, -0.2) is 0 Å². The van der Waals surface area contributed by atoms with Crippen molar-refractivity contribution >= 4 is 11.3 Å². The second kappa shape index (κ2) is 6.20. The predicted octanol–water partition coefficient (Wildman–Crippen LogP) is 4.79. The number of fused-ring (bicyclic) bond motifs is 1. The summed E-state index contributed by atoms with van der Waals surface area (Å²) in [6.45, 7) is 4.37. The largest absolute Gasteiger partial charge is 0.496 e. The fourth-order valence-electron chi connectivity index (χ4n) is 3.24. The molecule has 112 valence electrons. The topological polar surface area (TPSA) is 21.3 Å². The summed E-state index contributed by atoms with van der Waals surface area (Å²) >= 11 is 1.90. The molecule has 1 N–H and O–H groups in total. The maximum Gasteiger partial charge on any atom is 0.123 e. The predicted molar refractivity (Wildman–Crippen MR) is 89.3 cm³/mol. The van der Waals surface area contributed by atoms with Crippen LogP contribution in [-0.4, -0.2) is 7.11 Å². The van der Waals surface area contributed by atoms with Crippen molar-refractivity contribution in [2.45, 2.75) is 45.2 Å². The first-order valence-electron chi connectivity index (χ1n) is 7.66. The molecular weight excluding hydrogens is 278 g/mol. The van der Waals surface area contributed by atoms with Crippen molar-refractivity contribution < 1.29 is 4.74 Å². The van der Waals surface area contributed by atoms with Crippen LogP contribution in [0.5, 0.6) is 5.75 Å². The van der Waals surface area contributed by atoms with Crippen molar-refractivity contribution in [2.24, 2.45) is 0 Å². The molecule has 2 atom stereocenters. The Morgan fingerprint density at radius 1 is 1.33 bits per heavy atom. The SMILES string of the molecule is COc1ccc(C)cc1C(C)NC1CCCc2sccc21. The number of benzene rings is 1. The Morgan fingerprint density at radius 3 is 3.00 bits per heavy atom. The van der Waals surface area contributed by atoms with Gasteiger partial charge >= 0.3 is 0 Å². The van der Waals surface area contributed by atoms with E-state index in [-0.39, 0.29) is 6.04 Å². The third kappa shape index (κ3) is 2.99. The number of nitrogens with one attached hydrogen (secondary N) is 1. The van der Waals surface area contributed by atoms with Crippen molar-refractivity contribution in [3.05, 3.63) is 51.2 Å². The van der Waals surface area contributed by atoms with E-state index in [4.69, 9.17) is 4.74 Å². The molecule has 3 rings (SSSR count). The van der Waals surface area contributed by atoms with Gasteiger partial charge in [0.1, 0.15) is 5.75 Å². The Morgan fingerprint density at radius 2 is 2.19 bits per heavy atom. The highest BCUT2D eigenvalue weighted by atomic mass is 32.1. The quantitative estimate of drug-likeness (QED) is 0.876. The zero-order valence-corrected chi connectivity index (χ0v) is 13.8. The Labute approximate surface area is 131 Å². The molecule has 2 nitrogen and oxygen atoms in total. The summed E-state index contributed by atoms with van der Waals surface area (Å²) in [4.78, 5) is 1.56. The summed E-state index contributed by atoms with van der Waals surface area (Å²) in [6, 6.07) is 9.45. The molecule has 0 saturated carbocycles. The average Bonchev–Trinajstić information content (AvgIpc) is 2.96. The van der Waals surface area contributed by atoms with Gasteiger partial charge in [0.15, 0.2) is 0 Å². The van der Waals surface area contributed by atoms with Gasteiger partial charge in [-0.05, 0) is 56.2 Å². The Kier molecular flexibility index (Phi) is 4.32. The second-order valence-electron chi connectivity index (χ2n) is 5.88. The van der Waals surface area contributed by atoms with E-state index in [9.17, 15) is 0 Å². The highest BCUT2D eigenvalue weighted by Gasteiger charge is 2.23. The van der Waals surface area contributed by atoms with Gasteiger partial charge in [-0.3, -0.25) is 0 Å². The summed E-state index contributed by atoms with van der Waals surface area (Å²) in [5.74, 6) is 0.974. The van der Waals surface area contributed by atoms with Gasteiger partial charge in [-0.1, -0.05) is 17.7 Å². The van der Waals surface area contributed by atoms with Crippen LogP contribution in [0.15, 0.2) is 29.6 Å². The van der Waals surface area contributed by atoms with Gasteiger partial charge in [0.25, 0.3) is 0 Å². The van der Waals surface area contributed by atoms with Crippen molar-refractivity contribution in [1.82, 2.24) is 5.32 Å². The van der Waals surface area contributed by atoms with Gasteiger partial charge in [0.05, 0.1) is 7.11 Å². The Hall–Kier alpha value is -1.32. The zero-order chi connectivity index (χ0) is 14.8. The minimum absolute atomic E-state index is 0.288. The first-order chi connectivity index (χ1) is 10.2. The van der Waals surface area contributed by atoms with Crippen molar-refractivity contribution in [3.8, 4) is 5.75 Å². The minimum atomic E-state index is 0.288. The van der Waals surface area contributed by atoms with Gasteiger partial charge in [0, 0.05) is 22.5 Å². The normalized spacial score (nSPS) is 19.1. The third-order valence-corrected chi connectivity index (χ3v) is 5.35. The first-order valence-corrected chi connectivity index (χ1v) is 8.54. The second-order valence-corrected chi connectivity index (χ2v) is 6.88. The van der Waals surface area contributed by atoms with Crippen LogP contribution in [0.1, 0.15) is 53.4 Å². The lowest BCUT2D eigenvalue weighted by Crippen LogP contribution is -2.27. The number of thiophene rings is 1. The van der Waals surface area contributed by atoms with Crippen LogP contribution >= 0.6 is 11.3 Å². The zero-order valence-electron chi connectivity index (χ0n) is 13.0. The van der Waals surface area contributed by atoms with Crippen LogP contribution in [0.2, 0.25) is 0 Å². The summed E-state index contributed by atoms with van der Waals surface area (Å²) in [6.07, 6.45) is 3.75. The molecule has 2 aromatic rings. The molecule has 0 bridgehead atoms. The van der Waals surface area contributed by atoms with Crippen molar-refractivity contribution in [3.63, 3.8) is 0 Å². The van der Waals surface area contributed by atoms with Crippen LogP contribution in [0, 0.1) is 6.92 Å². The smallest absolute Gasteiger partial charge is 0.123 e. The molecular formula is C18H23NOS. The third-order valence-electron chi connectivity index (χ3n) is 4.35. The van der Waals surface area contributed by atoms with Crippen LogP contribution in [0.3, 0.4) is 0 Å². The van der Waals surface area contributed by atoms with Gasteiger partial charge in [-0.2, -0.15) is 0 Å². The average molecular weight is 301 g/mol. The molecule has 0 radical (unpaired) electrons. The number of hydrogen-bond acceptors (Lipinski definition) is 3. The van der Waals surface area contributed by atoms with E-state index in [1.165, 1.54) is 36.0 Å². The van der Waals surface area contributed by atoms with Gasteiger partial charge in [0.2, 0.25) is 0 Å². The summed E-state index contributed by atoms with van der Waals surface area (Å²) in [5.41, 5.74) is 4.03. The van der Waals surface area contributed by atoms with E-state index in [1.54, 1.807) is 12.0 Å². The van der Waals surface area contributed by atoms with Gasteiger partial charge in [-0.15, -0.1) is 11.3 Å². The van der Waals surface area contributed by atoms with Crippen LogP contribution in [-0.2, 0) is 6.42 Å². The van der Waals surface area contributed by atoms with E-state index >= 15 is 0 Å². The molecule has 2 unspecified atom stereocenters. The van der Waals surface area contributed by atoms with Crippen molar-refractivity contribution in [2.75, 3.05) is 7.11 Å². The number of aryl methyl sites for hydroxylation is 2. The van der Waals surface area contributed by atoms with E-state index in [0.29, 0.717) is 6.04 Å². The Balaban J connectivity index is 1.82. The van der Waals surface area contributed by atoms with Crippen LogP contribution < -0.4 is 10.1 Å². The lowest BCUT2D eigenvalue weighted by molar-refractivity contribution is 0.383. The molecule has 0 fully saturated rings. The fraction of sp³-hybridized carbons (Fsp3) is 0.444. The van der Waals surface area contributed by atoms with Crippen LogP contribution in [0.25, 0.3) is 0 Å². The number of ether oxygens (including phenoxy) is 1. The lowest BCUT2D eigenvalue weighted by Gasteiger charge is -2.28. The molecule has 1 aliphatic rings. The lowest BCUT2D eigenvalue weighted by atomic mass is 9.92. The maximum atomic E-state index is 5.53.